The molecule has 11 heteroatoms. The van der Waals surface area contributed by atoms with Crippen molar-refractivity contribution in [3.8, 4) is 0 Å². The number of hydrogen-bond acceptors (Lipinski definition) is 5. The highest BCUT2D eigenvalue weighted by molar-refractivity contribution is 7.17. The number of alkyl halides is 3. The molecule has 0 fully saturated rings. The van der Waals surface area contributed by atoms with Crippen molar-refractivity contribution < 1.29 is 37.8 Å². The number of carboxylic acid groups (broad SMARTS) is 2. The van der Waals surface area contributed by atoms with Crippen molar-refractivity contribution in [3.63, 3.8) is 0 Å². The molecule has 0 aliphatic rings. The zero-order valence-corrected chi connectivity index (χ0v) is 10.3. The molecule has 0 aromatic carbocycles. The Morgan fingerprint density at radius 1 is 1.20 bits per heavy atom. The predicted octanol–water partition coefficient (Wildman–Crippen LogP) is 1.66. The van der Waals surface area contributed by atoms with Crippen molar-refractivity contribution in [2.75, 3.05) is 5.32 Å². The Kier molecular flexibility index (Phi) is 4.65. The number of aromatic nitrogens is 1. The topological polar surface area (TPSA) is 117 Å². The van der Waals surface area contributed by atoms with Gasteiger partial charge in [-0.1, -0.05) is 11.3 Å². The van der Waals surface area contributed by atoms with E-state index in [1.165, 1.54) is 0 Å². The van der Waals surface area contributed by atoms with Crippen molar-refractivity contribution in [1.29, 1.82) is 0 Å². The van der Waals surface area contributed by atoms with Crippen LogP contribution >= 0.6 is 11.3 Å². The summed E-state index contributed by atoms with van der Waals surface area (Å²) in [5.74, 6) is -3.94. The first-order valence-electron chi connectivity index (χ1n) is 4.94. The van der Waals surface area contributed by atoms with Crippen molar-refractivity contribution in [1.82, 2.24) is 4.98 Å². The first-order valence-corrected chi connectivity index (χ1v) is 5.76. The lowest BCUT2D eigenvalue weighted by atomic mass is 10.3. The van der Waals surface area contributed by atoms with Crippen LogP contribution in [-0.4, -0.2) is 33.0 Å². The number of rotatable bonds is 5. The Labute approximate surface area is 113 Å². The first-order chi connectivity index (χ1) is 9.11. The van der Waals surface area contributed by atoms with E-state index >= 15 is 0 Å². The minimum absolute atomic E-state index is 0.147. The molecule has 1 aromatic heterocycles. The first kappa shape index (κ1) is 15.9. The molecule has 1 rings (SSSR count). The predicted molar refractivity (Wildman–Crippen MR) is 59.6 cm³/mol. The van der Waals surface area contributed by atoms with Gasteiger partial charge in [0.15, 0.2) is 10.8 Å². The Morgan fingerprint density at radius 3 is 2.20 bits per heavy atom. The van der Waals surface area contributed by atoms with E-state index in [1.54, 1.807) is 0 Å². The quantitative estimate of drug-likeness (QED) is 0.761. The number of anilines is 1. The molecule has 1 amide bonds. The molecular weight excluding hydrogens is 305 g/mol. The lowest BCUT2D eigenvalue weighted by molar-refractivity contribution is -0.141. The number of aliphatic carboxylic acids is 1. The number of halogens is 3. The van der Waals surface area contributed by atoms with Crippen LogP contribution in [0.15, 0.2) is 0 Å². The normalized spacial score (nSPS) is 11.2. The maximum atomic E-state index is 12.5. The molecule has 0 bridgehead atoms. The molecule has 1 heterocycles. The van der Waals surface area contributed by atoms with Crippen LogP contribution in [0.2, 0.25) is 0 Å². The van der Waals surface area contributed by atoms with E-state index in [2.05, 4.69) is 4.98 Å². The molecule has 0 saturated heterocycles. The molecule has 0 spiro atoms. The van der Waals surface area contributed by atoms with Gasteiger partial charge in [-0.05, 0) is 0 Å². The summed E-state index contributed by atoms with van der Waals surface area (Å²) < 4.78 is 37.5. The SMILES string of the molecule is O=C(O)CCC(=O)Nc1nc(C(F)(F)F)c(C(=O)O)s1. The van der Waals surface area contributed by atoms with Gasteiger partial charge in [0.05, 0.1) is 6.42 Å². The summed E-state index contributed by atoms with van der Waals surface area (Å²) in [6, 6.07) is 0. The zero-order chi connectivity index (χ0) is 15.5. The van der Waals surface area contributed by atoms with Crippen LogP contribution in [0.4, 0.5) is 18.3 Å². The average molecular weight is 312 g/mol. The monoisotopic (exact) mass is 312 g/mol. The van der Waals surface area contributed by atoms with Crippen LogP contribution in [0, 0.1) is 0 Å². The summed E-state index contributed by atoms with van der Waals surface area (Å²) in [5.41, 5.74) is -1.61. The number of carbonyl (C=O) groups excluding carboxylic acids is 1. The summed E-state index contributed by atoms with van der Waals surface area (Å²) in [4.78, 5) is 34.1. The smallest absolute Gasteiger partial charge is 0.435 e. The molecule has 3 N–H and O–H groups in total. The fraction of sp³-hybridized carbons (Fsp3) is 0.333. The number of aromatic carboxylic acids is 1. The Bertz CT molecular complexity index is 554. The molecule has 0 aliphatic heterocycles. The van der Waals surface area contributed by atoms with E-state index in [4.69, 9.17) is 10.2 Å². The maximum absolute atomic E-state index is 12.5. The molecule has 110 valence electrons. The van der Waals surface area contributed by atoms with Gasteiger partial charge in [0.25, 0.3) is 0 Å². The lowest BCUT2D eigenvalue weighted by Crippen LogP contribution is -2.14. The largest absolute Gasteiger partial charge is 0.481 e. The third-order valence-corrected chi connectivity index (χ3v) is 2.86. The second kappa shape index (κ2) is 5.86. The minimum Gasteiger partial charge on any atom is -0.481 e. The number of hydrogen-bond donors (Lipinski definition) is 3. The van der Waals surface area contributed by atoms with Crippen molar-refractivity contribution in [3.05, 3.63) is 10.6 Å². The van der Waals surface area contributed by atoms with E-state index in [0.29, 0.717) is 0 Å². The highest BCUT2D eigenvalue weighted by atomic mass is 32.1. The molecule has 20 heavy (non-hydrogen) atoms. The summed E-state index contributed by atoms with van der Waals surface area (Å²) in [6.45, 7) is 0. The second-order valence-corrected chi connectivity index (χ2v) is 4.44. The van der Waals surface area contributed by atoms with E-state index in [-0.39, 0.29) is 11.3 Å². The third kappa shape index (κ3) is 4.19. The van der Waals surface area contributed by atoms with Gasteiger partial charge in [-0.3, -0.25) is 9.59 Å². The van der Waals surface area contributed by atoms with Gasteiger partial charge in [-0.25, -0.2) is 9.78 Å². The molecule has 7 nitrogen and oxygen atoms in total. The van der Waals surface area contributed by atoms with Crippen LogP contribution in [-0.2, 0) is 15.8 Å². The Balaban J connectivity index is 2.90. The Hall–Kier alpha value is -2.17. The van der Waals surface area contributed by atoms with Gasteiger partial charge < -0.3 is 15.5 Å². The molecule has 0 atom stereocenters. The van der Waals surface area contributed by atoms with Crippen LogP contribution in [0.25, 0.3) is 0 Å². The number of nitrogens with zero attached hydrogens (tertiary/aromatic N) is 1. The molecule has 1 aromatic rings. The average Bonchev–Trinajstić information content (AvgIpc) is 2.70. The van der Waals surface area contributed by atoms with Crippen LogP contribution in [0.3, 0.4) is 0 Å². The molecule has 0 radical (unpaired) electrons. The van der Waals surface area contributed by atoms with Crippen molar-refractivity contribution in [2.45, 2.75) is 19.0 Å². The summed E-state index contributed by atoms with van der Waals surface area (Å²) in [5, 5.41) is 18.3. The number of thiazole rings is 1. The second-order valence-electron chi connectivity index (χ2n) is 3.44. The highest BCUT2D eigenvalue weighted by Crippen LogP contribution is 2.36. The van der Waals surface area contributed by atoms with Gasteiger partial charge >= 0.3 is 18.1 Å². The van der Waals surface area contributed by atoms with Crippen LogP contribution < -0.4 is 5.32 Å². The highest BCUT2D eigenvalue weighted by Gasteiger charge is 2.39. The van der Waals surface area contributed by atoms with Gasteiger partial charge in [0.2, 0.25) is 5.91 Å². The number of nitrogens with one attached hydrogen (secondary N) is 1. The van der Waals surface area contributed by atoms with Gasteiger partial charge in [0.1, 0.15) is 4.88 Å². The zero-order valence-electron chi connectivity index (χ0n) is 9.52. The molecule has 0 unspecified atom stereocenters. The van der Waals surface area contributed by atoms with Gasteiger partial charge in [-0.2, -0.15) is 13.2 Å². The number of carboxylic acids is 2. The molecular formula is C9H7F3N2O5S. The van der Waals surface area contributed by atoms with E-state index in [9.17, 15) is 27.6 Å². The van der Waals surface area contributed by atoms with Crippen molar-refractivity contribution >= 4 is 34.3 Å². The van der Waals surface area contributed by atoms with Crippen LogP contribution in [0.5, 0.6) is 0 Å². The summed E-state index contributed by atoms with van der Waals surface area (Å²) in [7, 11) is 0. The Morgan fingerprint density at radius 2 is 1.80 bits per heavy atom. The van der Waals surface area contributed by atoms with E-state index in [0.717, 1.165) is 0 Å². The molecule has 0 aliphatic carbocycles. The fourth-order valence-corrected chi connectivity index (χ4v) is 1.95. The van der Waals surface area contributed by atoms with E-state index < -0.39 is 52.6 Å². The van der Waals surface area contributed by atoms with Crippen molar-refractivity contribution in [2.24, 2.45) is 0 Å². The maximum Gasteiger partial charge on any atom is 0.435 e. The lowest BCUT2D eigenvalue weighted by Gasteiger charge is -2.02. The number of amides is 1. The molecule has 0 saturated carbocycles. The van der Waals surface area contributed by atoms with Gasteiger partial charge in [-0.15, -0.1) is 0 Å². The van der Waals surface area contributed by atoms with E-state index in [1.807, 2.05) is 5.32 Å². The standard InChI is InChI=1S/C9H7F3N2O5S/c10-9(11,12)6-5(7(18)19)20-8(14-6)13-3(15)1-2-4(16)17/h1-2H2,(H,16,17)(H,18,19)(H,13,14,15). The minimum atomic E-state index is -4.96. The summed E-state index contributed by atoms with van der Waals surface area (Å²) in [6.07, 6.45) is -5.93. The third-order valence-electron chi connectivity index (χ3n) is 1.90. The number of carbonyl (C=O) groups is 3. The van der Waals surface area contributed by atoms with Crippen LogP contribution in [0.1, 0.15) is 28.2 Å². The fourth-order valence-electron chi connectivity index (χ4n) is 1.11. The summed E-state index contributed by atoms with van der Waals surface area (Å²) >= 11 is 0.147. The van der Waals surface area contributed by atoms with Gasteiger partial charge in [0, 0.05) is 6.42 Å².